The molecular formula is C12H24N2O3. The number of carboxylic acids is 1. The quantitative estimate of drug-likeness (QED) is 0.589. The molecule has 5 heteroatoms. The van der Waals surface area contributed by atoms with Crippen LogP contribution in [-0.2, 0) is 9.59 Å². The zero-order valence-electron chi connectivity index (χ0n) is 10.9. The van der Waals surface area contributed by atoms with Gasteiger partial charge in [0.05, 0.1) is 5.92 Å². The van der Waals surface area contributed by atoms with Crippen molar-refractivity contribution in [1.82, 2.24) is 5.32 Å². The minimum Gasteiger partial charge on any atom is -0.481 e. The van der Waals surface area contributed by atoms with E-state index >= 15 is 0 Å². The first-order valence-electron chi connectivity index (χ1n) is 6.06. The molecule has 17 heavy (non-hydrogen) atoms. The van der Waals surface area contributed by atoms with Gasteiger partial charge in [0.15, 0.2) is 0 Å². The number of nitrogens with two attached hydrogens (primary N) is 1. The third kappa shape index (κ3) is 7.74. The van der Waals surface area contributed by atoms with Gasteiger partial charge in [-0.15, -0.1) is 0 Å². The first kappa shape index (κ1) is 15.9. The van der Waals surface area contributed by atoms with E-state index in [1.807, 2.05) is 13.8 Å². The molecule has 0 aromatic heterocycles. The molecule has 0 aliphatic rings. The Kier molecular flexibility index (Phi) is 7.54. The Balaban J connectivity index is 4.01. The molecule has 0 heterocycles. The lowest BCUT2D eigenvalue weighted by Crippen LogP contribution is -2.38. The van der Waals surface area contributed by atoms with Crippen molar-refractivity contribution in [3.8, 4) is 0 Å². The summed E-state index contributed by atoms with van der Waals surface area (Å²) in [6.45, 7) is 6.61. The first-order chi connectivity index (χ1) is 7.86. The van der Waals surface area contributed by atoms with Gasteiger partial charge >= 0.3 is 5.97 Å². The summed E-state index contributed by atoms with van der Waals surface area (Å²) in [6.07, 6.45) is 0.827. The average Bonchev–Trinajstić information content (AvgIpc) is 2.21. The molecule has 0 aromatic rings. The number of aliphatic carboxylic acids is 1. The second kappa shape index (κ2) is 8.06. The van der Waals surface area contributed by atoms with Crippen LogP contribution in [0, 0.1) is 17.8 Å². The summed E-state index contributed by atoms with van der Waals surface area (Å²) in [4.78, 5) is 22.2. The van der Waals surface area contributed by atoms with E-state index in [0.717, 1.165) is 6.42 Å². The normalized spacial score (nSPS) is 14.4. The van der Waals surface area contributed by atoms with Crippen molar-refractivity contribution in [2.24, 2.45) is 23.5 Å². The number of nitrogens with one attached hydrogen (secondary N) is 1. The van der Waals surface area contributed by atoms with Crippen molar-refractivity contribution in [3.05, 3.63) is 0 Å². The summed E-state index contributed by atoms with van der Waals surface area (Å²) < 4.78 is 0. The number of carbonyl (C=O) groups is 2. The Morgan fingerprint density at radius 3 is 2.29 bits per heavy atom. The Morgan fingerprint density at radius 2 is 1.88 bits per heavy atom. The van der Waals surface area contributed by atoms with Crippen LogP contribution in [0.4, 0.5) is 0 Å². The van der Waals surface area contributed by atoms with Crippen molar-refractivity contribution in [2.45, 2.75) is 33.6 Å². The molecule has 4 N–H and O–H groups in total. The summed E-state index contributed by atoms with van der Waals surface area (Å²) in [5.41, 5.74) is 5.55. The molecule has 2 unspecified atom stereocenters. The van der Waals surface area contributed by atoms with E-state index in [0.29, 0.717) is 19.0 Å². The highest BCUT2D eigenvalue weighted by molar-refractivity contribution is 5.78. The van der Waals surface area contributed by atoms with E-state index in [1.165, 1.54) is 0 Å². The zero-order chi connectivity index (χ0) is 13.4. The van der Waals surface area contributed by atoms with E-state index in [-0.39, 0.29) is 24.2 Å². The molecule has 100 valence electrons. The molecule has 2 atom stereocenters. The Hall–Kier alpha value is -1.10. The number of hydrogen-bond acceptors (Lipinski definition) is 3. The van der Waals surface area contributed by atoms with Crippen LogP contribution in [0.15, 0.2) is 0 Å². The maximum absolute atomic E-state index is 11.8. The Bertz CT molecular complexity index is 254. The fraction of sp³-hybridized carbons (Fsp3) is 0.833. The standard InChI is InChI=1S/C12H24N2O3/c1-8(2)4-10(6-13)12(17)14-7-9(3)5-11(15)16/h8-10H,4-7,13H2,1-3H3,(H,14,17)(H,15,16). The van der Waals surface area contributed by atoms with Gasteiger partial charge in [0.25, 0.3) is 0 Å². The van der Waals surface area contributed by atoms with Crippen LogP contribution in [0.5, 0.6) is 0 Å². The van der Waals surface area contributed by atoms with E-state index in [2.05, 4.69) is 5.32 Å². The lowest BCUT2D eigenvalue weighted by Gasteiger charge is -2.18. The molecule has 1 amide bonds. The van der Waals surface area contributed by atoms with Crippen LogP contribution in [0.2, 0.25) is 0 Å². The molecular weight excluding hydrogens is 220 g/mol. The summed E-state index contributed by atoms with van der Waals surface area (Å²) in [6, 6.07) is 0. The highest BCUT2D eigenvalue weighted by atomic mass is 16.4. The molecule has 0 aliphatic heterocycles. The van der Waals surface area contributed by atoms with Crippen LogP contribution in [0.1, 0.15) is 33.6 Å². The van der Waals surface area contributed by atoms with E-state index in [1.54, 1.807) is 6.92 Å². The van der Waals surface area contributed by atoms with Crippen LogP contribution in [0.25, 0.3) is 0 Å². The van der Waals surface area contributed by atoms with Crippen LogP contribution >= 0.6 is 0 Å². The van der Waals surface area contributed by atoms with Gasteiger partial charge in [-0.05, 0) is 18.3 Å². The number of amides is 1. The molecule has 5 nitrogen and oxygen atoms in total. The number of rotatable bonds is 8. The highest BCUT2D eigenvalue weighted by Crippen LogP contribution is 2.10. The predicted octanol–water partition coefficient (Wildman–Crippen LogP) is 0.834. The van der Waals surface area contributed by atoms with Gasteiger partial charge in [0.1, 0.15) is 0 Å². The molecule has 0 fully saturated rings. The molecule has 0 aromatic carbocycles. The molecule has 0 radical (unpaired) electrons. The first-order valence-corrected chi connectivity index (χ1v) is 6.06. The zero-order valence-corrected chi connectivity index (χ0v) is 10.9. The van der Waals surface area contributed by atoms with Gasteiger partial charge in [-0.2, -0.15) is 0 Å². The summed E-state index contributed by atoms with van der Waals surface area (Å²) in [5, 5.41) is 11.4. The topological polar surface area (TPSA) is 92.4 Å². The van der Waals surface area contributed by atoms with Gasteiger partial charge in [0.2, 0.25) is 5.91 Å². The maximum atomic E-state index is 11.8. The van der Waals surface area contributed by atoms with Crippen molar-refractivity contribution >= 4 is 11.9 Å². The second-order valence-corrected chi connectivity index (χ2v) is 5.01. The molecule has 0 bridgehead atoms. The van der Waals surface area contributed by atoms with Gasteiger partial charge in [-0.25, -0.2) is 0 Å². The third-order valence-electron chi connectivity index (χ3n) is 2.56. The summed E-state index contributed by atoms with van der Waals surface area (Å²) >= 11 is 0. The Morgan fingerprint density at radius 1 is 1.29 bits per heavy atom. The van der Waals surface area contributed by atoms with Gasteiger partial charge in [-0.3, -0.25) is 9.59 Å². The fourth-order valence-electron chi connectivity index (χ4n) is 1.67. The second-order valence-electron chi connectivity index (χ2n) is 5.01. The smallest absolute Gasteiger partial charge is 0.303 e. The maximum Gasteiger partial charge on any atom is 0.303 e. The number of carboxylic acid groups (broad SMARTS) is 1. The largest absolute Gasteiger partial charge is 0.481 e. The predicted molar refractivity (Wildman–Crippen MR) is 66.4 cm³/mol. The number of hydrogen-bond donors (Lipinski definition) is 3. The molecule has 0 saturated heterocycles. The van der Waals surface area contributed by atoms with Crippen molar-refractivity contribution in [3.63, 3.8) is 0 Å². The van der Waals surface area contributed by atoms with Gasteiger partial charge in [0, 0.05) is 19.5 Å². The lowest BCUT2D eigenvalue weighted by molar-refractivity contribution is -0.138. The third-order valence-corrected chi connectivity index (χ3v) is 2.56. The van der Waals surface area contributed by atoms with Crippen LogP contribution < -0.4 is 11.1 Å². The molecule has 0 spiro atoms. The Labute approximate surface area is 103 Å². The summed E-state index contributed by atoms with van der Waals surface area (Å²) in [7, 11) is 0. The fourth-order valence-corrected chi connectivity index (χ4v) is 1.67. The SMILES string of the molecule is CC(C)CC(CN)C(=O)NCC(C)CC(=O)O. The minimum absolute atomic E-state index is 0.0612. The highest BCUT2D eigenvalue weighted by Gasteiger charge is 2.18. The number of carbonyl (C=O) groups excluding carboxylic acids is 1. The summed E-state index contributed by atoms with van der Waals surface area (Å²) in [5.74, 6) is -0.727. The van der Waals surface area contributed by atoms with Crippen molar-refractivity contribution in [2.75, 3.05) is 13.1 Å². The van der Waals surface area contributed by atoms with Gasteiger partial charge < -0.3 is 16.2 Å². The van der Waals surface area contributed by atoms with Crippen molar-refractivity contribution in [1.29, 1.82) is 0 Å². The molecule has 0 rings (SSSR count). The average molecular weight is 244 g/mol. The molecule has 0 aliphatic carbocycles. The monoisotopic (exact) mass is 244 g/mol. The van der Waals surface area contributed by atoms with Gasteiger partial charge in [-0.1, -0.05) is 20.8 Å². The van der Waals surface area contributed by atoms with Crippen LogP contribution in [-0.4, -0.2) is 30.1 Å². The van der Waals surface area contributed by atoms with E-state index in [4.69, 9.17) is 10.8 Å². The van der Waals surface area contributed by atoms with E-state index in [9.17, 15) is 9.59 Å². The van der Waals surface area contributed by atoms with Crippen molar-refractivity contribution < 1.29 is 14.7 Å². The van der Waals surface area contributed by atoms with E-state index < -0.39 is 5.97 Å². The lowest BCUT2D eigenvalue weighted by atomic mass is 9.96. The van der Waals surface area contributed by atoms with Crippen LogP contribution in [0.3, 0.4) is 0 Å². The molecule has 0 saturated carbocycles. The minimum atomic E-state index is -0.843.